The zero-order valence-corrected chi connectivity index (χ0v) is 10.2. The molecule has 17 heavy (non-hydrogen) atoms. The summed E-state index contributed by atoms with van der Waals surface area (Å²) in [4.78, 5) is 11.5. The van der Waals surface area contributed by atoms with Crippen LogP contribution in [-0.2, 0) is 0 Å². The van der Waals surface area contributed by atoms with Crippen molar-refractivity contribution in [3.8, 4) is 6.07 Å². The van der Waals surface area contributed by atoms with Gasteiger partial charge in [0.15, 0.2) is 0 Å². The topological polar surface area (TPSA) is 64.9 Å². The Morgan fingerprint density at radius 3 is 2.88 bits per heavy atom. The maximum absolute atomic E-state index is 11.5. The molecule has 0 aromatic heterocycles. The van der Waals surface area contributed by atoms with Gasteiger partial charge in [-0.25, -0.2) is 4.79 Å². The number of amides is 2. The predicted molar refractivity (Wildman–Crippen MR) is 67.6 cm³/mol. The first-order valence-electron chi connectivity index (χ1n) is 5.67. The van der Waals surface area contributed by atoms with Gasteiger partial charge in [0.25, 0.3) is 0 Å². The molecule has 90 valence electrons. The van der Waals surface area contributed by atoms with Crippen LogP contribution in [0.15, 0.2) is 24.3 Å². The van der Waals surface area contributed by atoms with Gasteiger partial charge in [-0.1, -0.05) is 19.9 Å². The lowest BCUT2D eigenvalue weighted by Crippen LogP contribution is -2.30. The number of hydrogen-bond acceptors (Lipinski definition) is 2. The second kappa shape index (κ2) is 6.54. The van der Waals surface area contributed by atoms with Crippen molar-refractivity contribution in [3.05, 3.63) is 29.8 Å². The van der Waals surface area contributed by atoms with E-state index < -0.39 is 0 Å². The third-order valence-electron chi connectivity index (χ3n) is 2.26. The Kier molecular flexibility index (Phi) is 5.02. The summed E-state index contributed by atoms with van der Waals surface area (Å²) < 4.78 is 0. The summed E-state index contributed by atoms with van der Waals surface area (Å²) >= 11 is 0. The molecule has 0 fully saturated rings. The highest BCUT2D eigenvalue weighted by molar-refractivity contribution is 5.89. The van der Waals surface area contributed by atoms with Crippen LogP contribution >= 0.6 is 0 Å². The molecular weight excluding hydrogens is 214 g/mol. The molecular formula is C13H17N3O. The molecule has 1 aromatic rings. The van der Waals surface area contributed by atoms with E-state index in [1.807, 2.05) is 6.07 Å². The molecule has 4 heteroatoms. The molecule has 4 nitrogen and oxygen atoms in total. The summed E-state index contributed by atoms with van der Waals surface area (Å²) in [6.07, 6.45) is 0.950. The Morgan fingerprint density at radius 1 is 1.47 bits per heavy atom. The molecule has 0 saturated heterocycles. The van der Waals surface area contributed by atoms with Crippen LogP contribution in [0.2, 0.25) is 0 Å². The van der Waals surface area contributed by atoms with Crippen LogP contribution in [0.1, 0.15) is 25.8 Å². The fraction of sp³-hybridized carbons (Fsp3) is 0.385. The highest BCUT2D eigenvalue weighted by atomic mass is 16.2. The third kappa shape index (κ3) is 5.03. The molecule has 0 unspecified atom stereocenters. The van der Waals surface area contributed by atoms with Crippen molar-refractivity contribution in [1.82, 2.24) is 5.32 Å². The van der Waals surface area contributed by atoms with Crippen LogP contribution in [0, 0.1) is 17.2 Å². The maximum Gasteiger partial charge on any atom is 0.319 e. The van der Waals surface area contributed by atoms with E-state index in [0.717, 1.165) is 6.42 Å². The Balaban J connectivity index is 2.43. The molecule has 0 aliphatic carbocycles. The summed E-state index contributed by atoms with van der Waals surface area (Å²) in [7, 11) is 0. The van der Waals surface area contributed by atoms with Crippen molar-refractivity contribution in [2.75, 3.05) is 11.9 Å². The summed E-state index contributed by atoms with van der Waals surface area (Å²) in [5, 5.41) is 14.2. The highest BCUT2D eigenvalue weighted by Crippen LogP contribution is 2.09. The van der Waals surface area contributed by atoms with Crippen LogP contribution in [0.25, 0.3) is 0 Å². The lowest BCUT2D eigenvalue weighted by Gasteiger charge is -2.08. The maximum atomic E-state index is 11.5. The van der Waals surface area contributed by atoms with Gasteiger partial charge >= 0.3 is 6.03 Å². The number of hydrogen-bond donors (Lipinski definition) is 2. The summed E-state index contributed by atoms with van der Waals surface area (Å²) in [6, 6.07) is 8.62. The van der Waals surface area contributed by atoms with Crippen molar-refractivity contribution >= 4 is 11.7 Å². The highest BCUT2D eigenvalue weighted by Gasteiger charge is 2.02. The number of carbonyl (C=O) groups is 1. The number of benzene rings is 1. The van der Waals surface area contributed by atoms with E-state index in [9.17, 15) is 4.79 Å². The summed E-state index contributed by atoms with van der Waals surface area (Å²) in [5.74, 6) is 0.567. The molecule has 2 amide bonds. The Labute approximate surface area is 102 Å². The van der Waals surface area contributed by atoms with E-state index in [1.54, 1.807) is 24.3 Å². The molecule has 0 heterocycles. The normalized spacial score (nSPS) is 9.76. The lowest BCUT2D eigenvalue weighted by atomic mass is 10.1. The number of rotatable bonds is 4. The van der Waals surface area contributed by atoms with E-state index in [-0.39, 0.29) is 6.03 Å². The second-order valence-corrected chi connectivity index (χ2v) is 4.26. The van der Waals surface area contributed by atoms with E-state index in [4.69, 9.17) is 5.26 Å². The molecule has 1 rings (SSSR count). The number of anilines is 1. The number of carbonyl (C=O) groups excluding carboxylic acids is 1. The lowest BCUT2D eigenvalue weighted by molar-refractivity contribution is 0.251. The molecule has 0 aliphatic heterocycles. The van der Waals surface area contributed by atoms with Gasteiger partial charge in [-0.15, -0.1) is 0 Å². The van der Waals surface area contributed by atoms with Gasteiger partial charge in [-0.2, -0.15) is 5.26 Å². The van der Waals surface area contributed by atoms with Crippen LogP contribution < -0.4 is 10.6 Å². The largest absolute Gasteiger partial charge is 0.338 e. The zero-order chi connectivity index (χ0) is 12.7. The van der Waals surface area contributed by atoms with Crippen LogP contribution in [0.3, 0.4) is 0 Å². The average Bonchev–Trinajstić information content (AvgIpc) is 2.28. The van der Waals surface area contributed by atoms with Gasteiger partial charge in [-0.05, 0) is 30.5 Å². The minimum absolute atomic E-state index is 0.235. The van der Waals surface area contributed by atoms with Crippen LogP contribution in [0.4, 0.5) is 10.5 Å². The van der Waals surface area contributed by atoms with Crippen molar-refractivity contribution in [2.24, 2.45) is 5.92 Å². The summed E-state index contributed by atoms with van der Waals surface area (Å²) in [5.41, 5.74) is 1.16. The first-order valence-corrected chi connectivity index (χ1v) is 5.67. The van der Waals surface area contributed by atoms with E-state index in [1.165, 1.54) is 0 Å². The molecule has 0 spiro atoms. The number of nitrogens with zero attached hydrogens (tertiary/aromatic N) is 1. The van der Waals surface area contributed by atoms with Crippen molar-refractivity contribution in [2.45, 2.75) is 20.3 Å². The van der Waals surface area contributed by atoms with Gasteiger partial charge in [0.05, 0.1) is 11.6 Å². The first kappa shape index (κ1) is 13.0. The molecule has 0 saturated carbocycles. The predicted octanol–water partition coefficient (Wildman–Crippen LogP) is 2.73. The molecule has 0 radical (unpaired) electrons. The molecule has 0 atom stereocenters. The van der Waals surface area contributed by atoms with Gasteiger partial charge in [0.1, 0.15) is 0 Å². The Morgan fingerprint density at radius 2 is 2.24 bits per heavy atom. The quantitative estimate of drug-likeness (QED) is 0.836. The fourth-order valence-electron chi connectivity index (χ4n) is 1.32. The minimum atomic E-state index is -0.235. The standard InChI is InChI=1S/C13H17N3O/c1-10(2)6-7-15-13(17)16-12-5-3-4-11(8-12)9-14/h3-5,8,10H,6-7H2,1-2H3,(H2,15,16,17). The Hall–Kier alpha value is -2.02. The Bertz CT molecular complexity index is 421. The molecule has 1 aromatic carbocycles. The average molecular weight is 231 g/mol. The molecule has 0 bridgehead atoms. The van der Waals surface area contributed by atoms with E-state index in [2.05, 4.69) is 24.5 Å². The number of nitrogens with one attached hydrogen (secondary N) is 2. The monoisotopic (exact) mass is 231 g/mol. The van der Waals surface area contributed by atoms with Crippen molar-refractivity contribution < 1.29 is 4.79 Å². The SMILES string of the molecule is CC(C)CCNC(=O)Nc1cccc(C#N)c1. The van der Waals surface area contributed by atoms with E-state index in [0.29, 0.717) is 23.7 Å². The number of nitriles is 1. The van der Waals surface area contributed by atoms with E-state index >= 15 is 0 Å². The summed E-state index contributed by atoms with van der Waals surface area (Å²) in [6.45, 7) is 4.87. The number of urea groups is 1. The fourth-order valence-corrected chi connectivity index (χ4v) is 1.32. The smallest absolute Gasteiger partial charge is 0.319 e. The van der Waals surface area contributed by atoms with Crippen LogP contribution in [0.5, 0.6) is 0 Å². The third-order valence-corrected chi connectivity index (χ3v) is 2.26. The van der Waals surface area contributed by atoms with Gasteiger partial charge < -0.3 is 10.6 Å². The minimum Gasteiger partial charge on any atom is -0.338 e. The van der Waals surface area contributed by atoms with Gasteiger partial charge in [0.2, 0.25) is 0 Å². The van der Waals surface area contributed by atoms with Gasteiger partial charge in [-0.3, -0.25) is 0 Å². The molecule has 2 N–H and O–H groups in total. The first-order chi connectivity index (χ1) is 8.11. The second-order valence-electron chi connectivity index (χ2n) is 4.26. The van der Waals surface area contributed by atoms with Crippen molar-refractivity contribution in [1.29, 1.82) is 5.26 Å². The van der Waals surface area contributed by atoms with Crippen molar-refractivity contribution in [3.63, 3.8) is 0 Å². The van der Waals surface area contributed by atoms with Gasteiger partial charge in [0, 0.05) is 12.2 Å². The van der Waals surface area contributed by atoms with Crippen LogP contribution in [-0.4, -0.2) is 12.6 Å². The zero-order valence-electron chi connectivity index (χ0n) is 10.2. The molecule has 0 aliphatic rings.